The summed E-state index contributed by atoms with van der Waals surface area (Å²) in [5.41, 5.74) is 1.16. The van der Waals surface area contributed by atoms with Crippen molar-refractivity contribution >= 4 is 17.3 Å². The molecule has 4 rings (SSSR count). The molecular weight excluding hydrogens is 324 g/mol. The maximum atomic E-state index is 12.4. The van der Waals surface area contributed by atoms with Gasteiger partial charge in [0.2, 0.25) is 11.6 Å². The van der Waals surface area contributed by atoms with Crippen molar-refractivity contribution in [2.24, 2.45) is 17.8 Å². The first-order chi connectivity index (χ1) is 12.6. The molecule has 1 aromatic carbocycles. The molecule has 1 aromatic rings. The van der Waals surface area contributed by atoms with Crippen molar-refractivity contribution in [1.82, 2.24) is 0 Å². The molecule has 0 saturated heterocycles. The summed E-state index contributed by atoms with van der Waals surface area (Å²) >= 11 is 0. The van der Waals surface area contributed by atoms with E-state index in [1.165, 1.54) is 44.9 Å². The van der Waals surface area contributed by atoms with Crippen molar-refractivity contribution in [3.63, 3.8) is 0 Å². The van der Waals surface area contributed by atoms with Gasteiger partial charge in [-0.3, -0.25) is 9.59 Å². The van der Waals surface area contributed by atoms with Gasteiger partial charge in [-0.2, -0.15) is 0 Å². The molecule has 3 nitrogen and oxygen atoms in total. The molecule has 3 heteroatoms. The average molecular weight is 352 g/mol. The van der Waals surface area contributed by atoms with Crippen molar-refractivity contribution in [3.05, 3.63) is 41.0 Å². The fourth-order valence-electron chi connectivity index (χ4n) is 5.45. The third kappa shape index (κ3) is 3.24. The smallest absolute Gasteiger partial charge is 0.234 e. The SMILES string of the molecule is O=C1C(=O)c2ccccc2C(O)=C1CCC[C@@H]1CC[C@@H]2CCCC[C@H]2C1. The van der Waals surface area contributed by atoms with E-state index < -0.39 is 11.6 Å². The van der Waals surface area contributed by atoms with Crippen molar-refractivity contribution in [3.8, 4) is 0 Å². The zero-order chi connectivity index (χ0) is 18.1. The van der Waals surface area contributed by atoms with E-state index in [9.17, 15) is 14.7 Å². The molecule has 0 heterocycles. The quantitative estimate of drug-likeness (QED) is 0.728. The molecule has 3 atom stereocenters. The molecule has 3 aliphatic carbocycles. The average Bonchev–Trinajstić information content (AvgIpc) is 2.69. The van der Waals surface area contributed by atoms with Crippen LogP contribution in [0.3, 0.4) is 0 Å². The van der Waals surface area contributed by atoms with Crippen LogP contribution in [0.5, 0.6) is 0 Å². The molecule has 1 N–H and O–H groups in total. The monoisotopic (exact) mass is 352 g/mol. The lowest BCUT2D eigenvalue weighted by molar-refractivity contribution is -0.112. The minimum absolute atomic E-state index is 0.0150. The van der Waals surface area contributed by atoms with Gasteiger partial charge in [-0.05, 0) is 43.4 Å². The Labute approximate surface area is 155 Å². The van der Waals surface area contributed by atoms with E-state index in [4.69, 9.17) is 0 Å². The Morgan fingerprint density at radius 2 is 1.62 bits per heavy atom. The second-order valence-electron chi connectivity index (χ2n) is 8.41. The lowest BCUT2D eigenvalue weighted by atomic mass is 9.66. The van der Waals surface area contributed by atoms with Crippen molar-refractivity contribution < 1.29 is 14.7 Å². The number of ketones is 2. The van der Waals surface area contributed by atoms with Crippen LogP contribution in [0.4, 0.5) is 0 Å². The number of benzene rings is 1. The number of fused-ring (bicyclic) bond motifs is 2. The fourth-order valence-corrected chi connectivity index (χ4v) is 5.45. The largest absolute Gasteiger partial charge is 0.507 e. The van der Waals surface area contributed by atoms with E-state index >= 15 is 0 Å². The highest BCUT2D eigenvalue weighted by molar-refractivity contribution is 6.52. The second-order valence-corrected chi connectivity index (χ2v) is 8.41. The van der Waals surface area contributed by atoms with Crippen LogP contribution in [0, 0.1) is 17.8 Å². The Kier molecular flexibility index (Phi) is 4.97. The van der Waals surface area contributed by atoms with E-state index in [0.29, 0.717) is 23.1 Å². The number of rotatable bonds is 4. The molecule has 0 bridgehead atoms. The standard InChI is InChI=1S/C23H28O3/c24-21-18-9-3-4-10-19(18)22(25)23(26)20(21)11-5-6-15-12-13-16-7-1-2-8-17(16)14-15/h3-4,9-10,15-17,24H,1-2,5-8,11-14H2/t15-,16+,17+/m1/s1. The van der Waals surface area contributed by atoms with E-state index in [1.807, 2.05) is 0 Å². The summed E-state index contributed by atoms with van der Waals surface area (Å²) in [6.45, 7) is 0. The first-order valence-corrected chi connectivity index (χ1v) is 10.3. The molecule has 0 aromatic heterocycles. The molecule has 0 spiro atoms. The Hall–Kier alpha value is -1.90. The molecular formula is C23H28O3. The molecule has 138 valence electrons. The van der Waals surface area contributed by atoms with Gasteiger partial charge in [0.1, 0.15) is 5.76 Å². The van der Waals surface area contributed by atoms with Crippen LogP contribution in [0.15, 0.2) is 29.8 Å². The van der Waals surface area contributed by atoms with Crippen LogP contribution >= 0.6 is 0 Å². The second kappa shape index (κ2) is 7.38. The highest BCUT2D eigenvalue weighted by Gasteiger charge is 2.34. The molecule has 0 amide bonds. The zero-order valence-corrected chi connectivity index (χ0v) is 15.4. The first kappa shape index (κ1) is 17.5. The molecule has 26 heavy (non-hydrogen) atoms. The summed E-state index contributed by atoms with van der Waals surface area (Å²) in [4.78, 5) is 24.7. The predicted molar refractivity (Wildman–Crippen MR) is 102 cm³/mol. The van der Waals surface area contributed by atoms with Gasteiger partial charge >= 0.3 is 0 Å². The van der Waals surface area contributed by atoms with Crippen LogP contribution in [0.1, 0.15) is 80.1 Å². The normalized spacial score (nSPS) is 28.7. The van der Waals surface area contributed by atoms with Crippen molar-refractivity contribution in [2.45, 2.75) is 64.2 Å². The minimum atomic E-state index is -0.516. The van der Waals surface area contributed by atoms with Gasteiger partial charge in [0, 0.05) is 16.7 Å². The highest BCUT2D eigenvalue weighted by Crippen LogP contribution is 2.44. The van der Waals surface area contributed by atoms with E-state index in [2.05, 4.69) is 0 Å². The Morgan fingerprint density at radius 3 is 2.42 bits per heavy atom. The number of carbonyl (C=O) groups is 2. The summed E-state index contributed by atoms with van der Waals surface area (Å²) in [6.07, 6.45) is 12.1. The van der Waals surface area contributed by atoms with Crippen LogP contribution < -0.4 is 0 Å². The number of allylic oxidation sites excluding steroid dienone is 1. The maximum Gasteiger partial charge on any atom is 0.234 e. The van der Waals surface area contributed by atoms with E-state index in [0.717, 1.165) is 30.6 Å². The van der Waals surface area contributed by atoms with Crippen LogP contribution in [-0.4, -0.2) is 16.7 Å². The lowest BCUT2D eigenvalue weighted by Crippen LogP contribution is -2.28. The Bertz CT molecular complexity index is 746. The van der Waals surface area contributed by atoms with Gasteiger partial charge in [0.15, 0.2) is 0 Å². The number of Topliss-reactive ketones (excluding diaryl/α,β-unsaturated/α-hetero) is 2. The van der Waals surface area contributed by atoms with Gasteiger partial charge in [-0.15, -0.1) is 0 Å². The van der Waals surface area contributed by atoms with Gasteiger partial charge in [0.25, 0.3) is 0 Å². The van der Waals surface area contributed by atoms with Gasteiger partial charge < -0.3 is 5.11 Å². The summed E-state index contributed by atoms with van der Waals surface area (Å²) < 4.78 is 0. The molecule has 0 aliphatic heterocycles. The Morgan fingerprint density at radius 1 is 0.885 bits per heavy atom. The molecule has 2 saturated carbocycles. The topological polar surface area (TPSA) is 54.4 Å². The third-order valence-corrected chi connectivity index (χ3v) is 6.88. The predicted octanol–water partition coefficient (Wildman–Crippen LogP) is 5.50. The van der Waals surface area contributed by atoms with Gasteiger partial charge in [-0.25, -0.2) is 0 Å². The fraction of sp³-hybridized carbons (Fsp3) is 0.565. The van der Waals surface area contributed by atoms with Crippen LogP contribution in [0.25, 0.3) is 5.76 Å². The first-order valence-electron chi connectivity index (χ1n) is 10.3. The summed E-state index contributed by atoms with van der Waals surface area (Å²) in [7, 11) is 0. The summed E-state index contributed by atoms with van der Waals surface area (Å²) in [6, 6.07) is 6.85. The zero-order valence-electron chi connectivity index (χ0n) is 15.4. The number of aliphatic hydroxyl groups is 1. The van der Waals surface area contributed by atoms with Crippen molar-refractivity contribution in [2.75, 3.05) is 0 Å². The Balaban J connectivity index is 1.39. The molecule has 0 radical (unpaired) electrons. The highest BCUT2D eigenvalue weighted by atomic mass is 16.3. The molecule has 2 fully saturated rings. The number of hydrogen-bond acceptors (Lipinski definition) is 3. The van der Waals surface area contributed by atoms with E-state index in [-0.39, 0.29) is 5.76 Å². The minimum Gasteiger partial charge on any atom is -0.507 e. The number of carbonyl (C=O) groups excluding carboxylic acids is 2. The number of aliphatic hydroxyl groups excluding tert-OH is 1. The summed E-state index contributed by atoms with van der Waals surface area (Å²) in [5, 5.41) is 10.5. The van der Waals surface area contributed by atoms with Crippen LogP contribution in [-0.2, 0) is 4.79 Å². The van der Waals surface area contributed by atoms with Gasteiger partial charge in [-0.1, -0.05) is 62.8 Å². The summed E-state index contributed by atoms with van der Waals surface area (Å²) in [5.74, 6) is 1.65. The molecule has 0 unspecified atom stereocenters. The number of hydrogen-bond donors (Lipinski definition) is 1. The van der Waals surface area contributed by atoms with E-state index in [1.54, 1.807) is 24.3 Å². The van der Waals surface area contributed by atoms with Gasteiger partial charge in [0.05, 0.1) is 0 Å². The maximum absolute atomic E-state index is 12.4. The third-order valence-electron chi connectivity index (χ3n) is 6.88. The molecule has 3 aliphatic rings. The van der Waals surface area contributed by atoms with Crippen molar-refractivity contribution in [1.29, 1.82) is 0 Å². The van der Waals surface area contributed by atoms with Crippen LogP contribution in [0.2, 0.25) is 0 Å². The lowest BCUT2D eigenvalue weighted by Gasteiger charge is -2.39.